The fourth-order valence-corrected chi connectivity index (χ4v) is 7.79. The minimum Gasteiger partial charge on any atom is -0.324 e. The third-order valence-electron chi connectivity index (χ3n) is 7.63. The Hall–Kier alpha value is -5.94. The van der Waals surface area contributed by atoms with Crippen LogP contribution < -0.4 is 31.5 Å². The van der Waals surface area contributed by atoms with E-state index in [9.17, 15) is 42.8 Å². The van der Waals surface area contributed by atoms with Gasteiger partial charge in [0, 0.05) is 22.7 Å². The maximum absolute atomic E-state index is 12.5. The Balaban J connectivity index is 1.22. The number of benzene rings is 4. The molecule has 0 spiro atoms. The zero-order valence-corrected chi connectivity index (χ0v) is 34.4. The van der Waals surface area contributed by atoms with Crippen LogP contribution in [0.3, 0.4) is 0 Å². The molecule has 0 aliphatic carbocycles. The zero-order valence-electron chi connectivity index (χ0n) is 29.6. The minimum absolute atomic E-state index is 0.0521. The van der Waals surface area contributed by atoms with E-state index in [-0.39, 0.29) is 66.7 Å². The van der Waals surface area contributed by atoms with E-state index in [0.29, 0.717) is 11.4 Å². The zero-order chi connectivity index (χ0) is 43.6. The molecule has 0 fully saturated rings. The van der Waals surface area contributed by atoms with E-state index in [0.717, 1.165) is 12.1 Å². The number of halogens is 2. The van der Waals surface area contributed by atoms with Crippen molar-refractivity contribution >= 4 is 122 Å². The largest absolute Gasteiger partial charge is 0.324 e. The Morgan fingerprint density at radius 2 is 0.733 bits per heavy atom. The number of nitrogens with zero attached hydrogens (tertiary/aromatic N) is 6. The lowest BCUT2D eigenvalue weighted by molar-refractivity contribution is 0.480. The smallest absolute Gasteiger partial charge is 0.295 e. The summed E-state index contributed by atoms with van der Waals surface area (Å²) in [5.41, 5.74) is 0.602. The van der Waals surface area contributed by atoms with E-state index >= 15 is 0 Å². The Bertz CT molecular complexity index is 2920. The van der Waals surface area contributed by atoms with Crippen LogP contribution in [0, 0.1) is 0 Å². The van der Waals surface area contributed by atoms with Crippen LogP contribution in [0.25, 0.3) is 12.2 Å². The number of rotatable bonds is 14. The number of aromatic nitrogens is 6. The standard InChI is InChI=1S/C32H26Cl2N12O10S4/c33-27-41-29(37-19-7-11-23(12-8-19)57(35,47)48)45-31(43-27)39-21-5-3-17(25(15-21)59(51,52)53)1-2-18-4-6-22(16-26(18)60(54,55)56)40-32-44-28(34)42-30(46-32)38-20-9-13-24(14-10-20)58(36,49)50/h1-16H,(H2,35,47,48)(H2,36,49,50)(H,51,52,53)(H,54,55,56)(H2,37,39,41,43,45)(H2,38,40,42,44,46). The number of nitrogens with two attached hydrogens (primary N) is 2. The number of hydrogen-bond donors (Lipinski definition) is 8. The molecule has 0 saturated heterocycles. The summed E-state index contributed by atoms with van der Waals surface area (Å²) in [5, 5.41) is 20.8. The van der Waals surface area contributed by atoms with Gasteiger partial charge in [-0.2, -0.15) is 46.7 Å². The van der Waals surface area contributed by atoms with E-state index < -0.39 is 50.1 Å². The molecule has 0 atom stereocenters. The van der Waals surface area contributed by atoms with Crippen LogP contribution in [0.2, 0.25) is 10.6 Å². The van der Waals surface area contributed by atoms with Gasteiger partial charge in [-0.05, 0) is 107 Å². The lowest BCUT2D eigenvalue weighted by atomic mass is 10.1. The van der Waals surface area contributed by atoms with Gasteiger partial charge in [0.25, 0.3) is 20.2 Å². The number of nitrogens with one attached hydrogen (secondary N) is 4. The quantitative estimate of drug-likeness (QED) is 0.0557. The summed E-state index contributed by atoms with van der Waals surface area (Å²) in [6.07, 6.45) is 2.35. The maximum Gasteiger partial charge on any atom is 0.295 e. The van der Waals surface area contributed by atoms with Crippen molar-refractivity contribution in [3.05, 3.63) is 107 Å². The molecule has 0 saturated carbocycles. The first-order valence-electron chi connectivity index (χ1n) is 16.1. The van der Waals surface area contributed by atoms with Crippen molar-refractivity contribution in [3.8, 4) is 0 Å². The average molecular weight is 938 g/mol. The Labute approximate surface area is 350 Å². The summed E-state index contributed by atoms with van der Waals surface area (Å²) >= 11 is 12.1. The van der Waals surface area contributed by atoms with Crippen molar-refractivity contribution in [1.82, 2.24) is 29.9 Å². The van der Waals surface area contributed by atoms with Gasteiger partial charge < -0.3 is 21.3 Å². The third-order valence-corrected chi connectivity index (χ3v) is 11.6. The van der Waals surface area contributed by atoms with Crippen LogP contribution in [0.15, 0.2) is 105 Å². The van der Waals surface area contributed by atoms with Crippen LogP contribution in [0.1, 0.15) is 11.1 Å². The first-order valence-corrected chi connectivity index (χ1v) is 22.8. The summed E-state index contributed by atoms with van der Waals surface area (Å²) in [5.74, 6) is -0.506. The van der Waals surface area contributed by atoms with Crippen molar-refractivity contribution in [2.24, 2.45) is 10.3 Å². The SMILES string of the molecule is NS(=O)(=O)c1ccc(Nc2nc(Cl)nc(Nc3ccc(C=Cc4ccc(Nc5nc(Cl)nc(Nc6ccc(S(N)(=O)=O)cc6)n5)cc4S(=O)(=O)O)c(S(=O)(=O)O)c3)n2)cc1. The summed E-state index contributed by atoms with van der Waals surface area (Å²) in [4.78, 5) is 22.6. The summed E-state index contributed by atoms with van der Waals surface area (Å²) < 4.78 is 116. The van der Waals surface area contributed by atoms with E-state index in [4.69, 9.17) is 33.5 Å². The van der Waals surface area contributed by atoms with Gasteiger partial charge in [0.15, 0.2) is 0 Å². The molecule has 0 bridgehead atoms. The van der Waals surface area contributed by atoms with Gasteiger partial charge in [0.05, 0.1) is 9.79 Å². The van der Waals surface area contributed by atoms with Gasteiger partial charge in [-0.15, -0.1) is 0 Å². The number of primary sulfonamides is 2. The summed E-state index contributed by atoms with van der Waals surface area (Å²) in [7, 11) is -17.7. The molecule has 2 aromatic heterocycles. The molecular weight excluding hydrogens is 912 g/mol. The highest BCUT2D eigenvalue weighted by molar-refractivity contribution is 7.89. The Morgan fingerprint density at radius 3 is 1.02 bits per heavy atom. The molecular formula is C32H26Cl2N12O10S4. The van der Waals surface area contributed by atoms with E-state index in [1.807, 2.05) is 0 Å². The summed E-state index contributed by atoms with van der Waals surface area (Å²) in [6.45, 7) is 0. The van der Waals surface area contributed by atoms with Crippen molar-refractivity contribution in [2.45, 2.75) is 19.6 Å². The molecule has 6 rings (SSSR count). The molecule has 10 N–H and O–H groups in total. The lowest BCUT2D eigenvalue weighted by Gasteiger charge is -2.11. The molecule has 0 aliphatic heterocycles. The fraction of sp³-hybridized carbons (Fsp3) is 0. The van der Waals surface area contributed by atoms with Gasteiger partial charge in [-0.25, -0.2) is 27.1 Å². The van der Waals surface area contributed by atoms with Crippen molar-refractivity contribution in [3.63, 3.8) is 0 Å². The first-order chi connectivity index (χ1) is 28.0. The molecule has 2 heterocycles. The molecule has 0 unspecified atom stereocenters. The summed E-state index contributed by atoms with van der Waals surface area (Å²) in [6, 6.07) is 18.0. The topological polar surface area (TPSA) is 355 Å². The highest BCUT2D eigenvalue weighted by Crippen LogP contribution is 2.29. The van der Waals surface area contributed by atoms with Gasteiger partial charge in [-0.3, -0.25) is 9.11 Å². The number of hydrogen-bond acceptors (Lipinski definition) is 18. The van der Waals surface area contributed by atoms with Crippen molar-refractivity contribution in [1.29, 1.82) is 0 Å². The molecule has 22 nitrogen and oxygen atoms in total. The molecule has 4 aromatic carbocycles. The van der Waals surface area contributed by atoms with Crippen LogP contribution in [-0.4, -0.2) is 72.7 Å². The third kappa shape index (κ3) is 11.4. The van der Waals surface area contributed by atoms with Crippen LogP contribution >= 0.6 is 23.2 Å². The molecule has 0 aliphatic rings. The van der Waals surface area contributed by atoms with E-state index in [1.54, 1.807) is 0 Å². The van der Waals surface area contributed by atoms with Crippen molar-refractivity contribution in [2.75, 3.05) is 21.3 Å². The molecule has 0 radical (unpaired) electrons. The number of sulfonamides is 2. The maximum atomic E-state index is 12.5. The highest BCUT2D eigenvalue weighted by Gasteiger charge is 2.19. The van der Waals surface area contributed by atoms with Crippen LogP contribution in [0.5, 0.6) is 0 Å². The minimum atomic E-state index is -4.91. The van der Waals surface area contributed by atoms with E-state index in [2.05, 4.69) is 51.2 Å². The lowest BCUT2D eigenvalue weighted by Crippen LogP contribution is -2.12. The average Bonchev–Trinajstić information content (AvgIpc) is 3.13. The molecule has 0 amide bonds. The molecule has 28 heteroatoms. The van der Waals surface area contributed by atoms with Gasteiger partial charge >= 0.3 is 0 Å². The molecule has 312 valence electrons. The predicted molar refractivity (Wildman–Crippen MR) is 220 cm³/mol. The second-order valence-corrected chi connectivity index (χ2v) is 18.5. The van der Waals surface area contributed by atoms with Crippen molar-refractivity contribution < 1.29 is 42.8 Å². The van der Waals surface area contributed by atoms with Gasteiger partial charge in [0.1, 0.15) is 9.79 Å². The Kier molecular flexibility index (Phi) is 12.3. The van der Waals surface area contributed by atoms with E-state index in [1.165, 1.54) is 84.9 Å². The second kappa shape index (κ2) is 17.0. The Morgan fingerprint density at radius 1 is 0.450 bits per heavy atom. The first kappa shape index (κ1) is 43.6. The molecule has 6 aromatic rings. The monoisotopic (exact) mass is 936 g/mol. The van der Waals surface area contributed by atoms with Gasteiger partial charge in [-0.1, -0.05) is 24.3 Å². The second-order valence-electron chi connectivity index (χ2n) is 11.9. The van der Waals surface area contributed by atoms with Crippen LogP contribution in [-0.2, 0) is 40.3 Å². The van der Waals surface area contributed by atoms with Gasteiger partial charge in [0.2, 0.25) is 54.4 Å². The fourth-order valence-electron chi connectivity index (χ4n) is 5.02. The highest BCUT2D eigenvalue weighted by atomic mass is 35.5. The normalized spacial score (nSPS) is 12.3. The molecule has 60 heavy (non-hydrogen) atoms. The predicted octanol–water partition coefficient (Wildman–Crippen LogP) is 4.30. The van der Waals surface area contributed by atoms with Crippen LogP contribution in [0.4, 0.5) is 46.5 Å². The number of anilines is 8.